The molecule has 156 valence electrons. The number of hydrogen-bond donors (Lipinski definition) is 1. The Morgan fingerprint density at radius 2 is 1.87 bits per heavy atom. The lowest BCUT2D eigenvalue weighted by atomic mass is 10.2. The molecule has 0 unspecified atom stereocenters. The zero-order valence-electron chi connectivity index (χ0n) is 16.5. The molecule has 0 fully saturated rings. The minimum absolute atomic E-state index is 0.158. The van der Waals surface area contributed by atoms with Gasteiger partial charge < -0.3 is 10.1 Å². The predicted octanol–water partition coefficient (Wildman–Crippen LogP) is 2.77. The van der Waals surface area contributed by atoms with Crippen LogP contribution in [0.1, 0.15) is 15.5 Å². The van der Waals surface area contributed by atoms with E-state index in [2.05, 4.69) is 20.4 Å². The number of carbonyl (C=O) groups excluding carboxylic acids is 1. The van der Waals surface area contributed by atoms with Crippen LogP contribution >= 0.6 is 11.3 Å². The highest BCUT2D eigenvalue weighted by Gasteiger charge is 2.11. The standard InChI is InChI=1S/C22H19N5O3S/c28-21-7-6-18(26-27(21)12-13-30-17-4-2-1-3-5-17)22(29)24-14-20-25-19(15-31-20)16-8-10-23-11-9-16/h1-11,15H,12-14H2,(H,24,29). The Morgan fingerprint density at radius 1 is 1.06 bits per heavy atom. The highest BCUT2D eigenvalue weighted by atomic mass is 32.1. The van der Waals surface area contributed by atoms with Crippen LogP contribution in [-0.4, -0.2) is 32.3 Å². The summed E-state index contributed by atoms with van der Waals surface area (Å²) in [5, 5.41) is 9.65. The summed E-state index contributed by atoms with van der Waals surface area (Å²) in [5.41, 5.74) is 1.66. The topological polar surface area (TPSA) is 99.0 Å². The quantitative estimate of drug-likeness (QED) is 0.459. The van der Waals surface area contributed by atoms with Crippen LogP contribution < -0.4 is 15.6 Å². The molecule has 0 atom stereocenters. The lowest BCUT2D eigenvalue weighted by Crippen LogP contribution is -2.30. The van der Waals surface area contributed by atoms with Gasteiger partial charge in [-0.05, 0) is 30.3 Å². The molecule has 4 aromatic rings. The maximum atomic E-state index is 12.5. The molecule has 0 aliphatic rings. The van der Waals surface area contributed by atoms with Crippen molar-refractivity contribution < 1.29 is 9.53 Å². The zero-order chi connectivity index (χ0) is 21.5. The first-order valence-electron chi connectivity index (χ1n) is 9.58. The van der Waals surface area contributed by atoms with Crippen molar-refractivity contribution in [3.63, 3.8) is 0 Å². The molecule has 0 radical (unpaired) electrons. The smallest absolute Gasteiger partial charge is 0.272 e. The van der Waals surface area contributed by atoms with Crippen LogP contribution in [0.2, 0.25) is 0 Å². The van der Waals surface area contributed by atoms with E-state index >= 15 is 0 Å². The second kappa shape index (κ2) is 9.77. The number of nitrogens with zero attached hydrogens (tertiary/aromatic N) is 4. The van der Waals surface area contributed by atoms with Gasteiger partial charge in [0.2, 0.25) is 0 Å². The molecular weight excluding hydrogens is 414 g/mol. The summed E-state index contributed by atoms with van der Waals surface area (Å²) >= 11 is 1.46. The van der Waals surface area contributed by atoms with Crippen molar-refractivity contribution in [2.75, 3.05) is 6.61 Å². The summed E-state index contributed by atoms with van der Waals surface area (Å²) in [4.78, 5) is 33.1. The number of ether oxygens (including phenoxy) is 1. The Balaban J connectivity index is 1.35. The first-order valence-corrected chi connectivity index (χ1v) is 10.5. The minimum atomic E-state index is -0.376. The molecule has 0 saturated heterocycles. The van der Waals surface area contributed by atoms with E-state index in [0.717, 1.165) is 16.3 Å². The van der Waals surface area contributed by atoms with E-state index < -0.39 is 0 Å². The minimum Gasteiger partial charge on any atom is -0.492 e. The number of benzene rings is 1. The number of carbonyl (C=O) groups is 1. The van der Waals surface area contributed by atoms with Gasteiger partial charge in [-0.3, -0.25) is 14.6 Å². The Kier molecular flexibility index (Phi) is 6.44. The number of para-hydroxylation sites is 1. The summed E-state index contributed by atoms with van der Waals surface area (Å²) in [6.45, 7) is 0.766. The summed E-state index contributed by atoms with van der Waals surface area (Å²) in [6, 6.07) is 15.8. The molecule has 0 aliphatic heterocycles. The van der Waals surface area contributed by atoms with Gasteiger partial charge >= 0.3 is 0 Å². The van der Waals surface area contributed by atoms with Crippen molar-refractivity contribution in [2.24, 2.45) is 0 Å². The van der Waals surface area contributed by atoms with Gasteiger partial charge in [0.05, 0.1) is 18.8 Å². The van der Waals surface area contributed by atoms with Crippen molar-refractivity contribution in [1.82, 2.24) is 25.1 Å². The molecule has 1 N–H and O–H groups in total. The molecule has 4 rings (SSSR count). The highest BCUT2D eigenvalue weighted by Crippen LogP contribution is 2.20. The van der Waals surface area contributed by atoms with Gasteiger partial charge in [-0.1, -0.05) is 18.2 Å². The van der Waals surface area contributed by atoms with Crippen LogP contribution in [0.4, 0.5) is 0 Å². The second-order valence-electron chi connectivity index (χ2n) is 6.49. The van der Waals surface area contributed by atoms with E-state index in [0.29, 0.717) is 5.75 Å². The lowest BCUT2D eigenvalue weighted by Gasteiger charge is -2.09. The molecular formula is C22H19N5O3S. The first kappa shape index (κ1) is 20.4. The monoisotopic (exact) mass is 433 g/mol. The third kappa shape index (κ3) is 5.40. The number of nitrogens with one attached hydrogen (secondary N) is 1. The summed E-state index contributed by atoms with van der Waals surface area (Å²) in [7, 11) is 0. The van der Waals surface area contributed by atoms with Crippen LogP contribution in [0.25, 0.3) is 11.3 Å². The van der Waals surface area contributed by atoms with E-state index in [4.69, 9.17) is 4.74 Å². The Bertz CT molecular complexity index is 1210. The van der Waals surface area contributed by atoms with E-state index in [1.807, 2.05) is 47.8 Å². The van der Waals surface area contributed by atoms with Crippen molar-refractivity contribution in [1.29, 1.82) is 0 Å². The van der Waals surface area contributed by atoms with Crippen molar-refractivity contribution in [3.05, 3.63) is 93.4 Å². The number of thiazole rings is 1. The number of hydrogen-bond acceptors (Lipinski definition) is 7. The fourth-order valence-corrected chi connectivity index (χ4v) is 3.53. The maximum absolute atomic E-state index is 12.5. The van der Waals surface area contributed by atoms with Gasteiger partial charge in [-0.15, -0.1) is 11.3 Å². The zero-order valence-corrected chi connectivity index (χ0v) is 17.3. The van der Waals surface area contributed by atoms with E-state index in [1.54, 1.807) is 12.4 Å². The lowest BCUT2D eigenvalue weighted by molar-refractivity contribution is 0.0943. The van der Waals surface area contributed by atoms with Gasteiger partial charge in [0, 0.05) is 29.4 Å². The Hall–Kier alpha value is -3.85. The summed E-state index contributed by atoms with van der Waals surface area (Å²) in [5.74, 6) is 0.331. The van der Waals surface area contributed by atoms with E-state index in [1.165, 1.54) is 28.2 Å². The second-order valence-corrected chi connectivity index (χ2v) is 7.43. The van der Waals surface area contributed by atoms with Gasteiger partial charge in [-0.2, -0.15) is 5.10 Å². The average molecular weight is 433 g/mol. The highest BCUT2D eigenvalue weighted by molar-refractivity contribution is 7.09. The van der Waals surface area contributed by atoms with Gasteiger partial charge in [0.25, 0.3) is 11.5 Å². The Morgan fingerprint density at radius 3 is 2.68 bits per heavy atom. The Labute approximate surface area is 182 Å². The van der Waals surface area contributed by atoms with Crippen LogP contribution in [0, 0.1) is 0 Å². The van der Waals surface area contributed by atoms with E-state index in [9.17, 15) is 9.59 Å². The van der Waals surface area contributed by atoms with Crippen LogP contribution in [0.5, 0.6) is 5.75 Å². The molecule has 31 heavy (non-hydrogen) atoms. The molecule has 1 amide bonds. The molecule has 0 aliphatic carbocycles. The van der Waals surface area contributed by atoms with Crippen LogP contribution in [0.15, 0.2) is 77.2 Å². The normalized spacial score (nSPS) is 10.6. The molecule has 0 spiro atoms. The largest absolute Gasteiger partial charge is 0.492 e. The van der Waals surface area contributed by atoms with Gasteiger partial charge in [0.15, 0.2) is 0 Å². The number of rotatable bonds is 8. The van der Waals surface area contributed by atoms with Gasteiger partial charge in [0.1, 0.15) is 23.1 Å². The van der Waals surface area contributed by atoms with Crippen LogP contribution in [-0.2, 0) is 13.1 Å². The van der Waals surface area contributed by atoms with Gasteiger partial charge in [-0.25, -0.2) is 9.67 Å². The third-order valence-electron chi connectivity index (χ3n) is 4.34. The molecule has 9 heteroatoms. The molecule has 3 heterocycles. The number of amides is 1. The van der Waals surface area contributed by atoms with Crippen molar-refractivity contribution >= 4 is 17.2 Å². The fourth-order valence-electron chi connectivity index (χ4n) is 2.79. The van der Waals surface area contributed by atoms with Crippen LogP contribution in [0.3, 0.4) is 0 Å². The van der Waals surface area contributed by atoms with Crippen molar-refractivity contribution in [2.45, 2.75) is 13.1 Å². The first-order chi connectivity index (χ1) is 15.2. The number of pyridine rings is 1. The van der Waals surface area contributed by atoms with E-state index in [-0.39, 0.29) is 36.9 Å². The predicted molar refractivity (Wildman–Crippen MR) is 117 cm³/mol. The molecule has 3 aromatic heterocycles. The summed E-state index contributed by atoms with van der Waals surface area (Å²) in [6.07, 6.45) is 3.42. The SMILES string of the molecule is O=C(NCc1nc(-c2ccncc2)cs1)c1ccc(=O)n(CCOc2ccccc2)n1. The average Bonchev–Trinajstić information content (AvgIpc) is 3.29. The molecule has 1 aromatic carbocycles. The molecule has 8 nitrogen and oxygen atoms in total. The fraction of sp³-hybridized carbons (Fsp3) is 0.136. The third-order valence-corrected chi connectivity index (χ3v) is 5.19. The molecule has 0 bridgehead atoms. The summed E-state index contributed by atoms with van der Waals surface area (Å²) < 4.78 is 6.82. The van der Waals surface area contributed by atoms with Crippen molar-refractivity contribution in [3.8, 4) is 17.0 Å². The molecule has 0 saturated carbocycles. The number of aromatic nitrogens is 4. The maximum Gasteiger partial charge on any atom is 0.272 e.